The van der Waals surface area contributed by atoms with Crippen LogP contribution in [0.25, 0.3) is 0 Å². The highest BCUT2D eigenvalue weighted by molar-refractivity contribution is 5.27. The van der Waals surface area contributed by atoms with Crippen molar-refractivity contribution in [2.45, 2.75) is 12.2 Å². The highest BCUT2D eigenvalue weighted by atomic mass is 19.4. The standard InChI is InChI=1S/C12H16F3NO2/c1-17-5-6-18-8-11(16)9-3-2-4-10(7-9)12(13,14)15/h2-4,7,11H,5-6,8,16H2,1H3. The molecule has 0 aliphatic carbocycles. The average molecular weight is 263 g/mol. The van der Waals surface area contributed by atoms with Crippen LogP contribution in [-0.4, -0.2) is 26.9 Å². The van der Waals surface area contributed by atoms with Crippen molar-refractivity contribution in [2.24, 2.45) is 5.73 Å². The summed E-state index contributed by atoms with van der Waals surface area (Å²) in [6.45, 7) is 0.948. The zero-order valence-corrected chi connectivity index (χ0v) is 10.0. The second-order valence-corrected chi connectivity index (χ2v) is 3.80. The molecule has 0 amide bonds. The third kappa shape index (κ3) is 4.64. The van der Waals surface area contributed by atoms with Gasteiger partial charge in [-0.1, -0.05) is 12.1 Å². The molecule has 0 saturated carbocycles. The van der Waals surface area contributed by atoms with Gasteiger partial charge in [-0.15, -0.1) is 0 Å². The SMILES string of the molecule is COCCOCC(N)c1cccc(C(F)(F)F)c1. The molecule has 1 rings (SSSR count). The van der Waals surface area contributed by atoms with Gasteiger partial charge in [0.2, 0.25) is 0 Å². The lowest BCUT2D eigenvalue weighted by atomic mass is 10.1. The molecule has 1 aromatic rings. The van der Waals surface area contributed by atoms with Gasteiger partial charge < -0.3 is 15.2 Å². The number of rotatable bonds is 6. The van der Waals surface area contributed by atoms with Gasteiger partial charge in [0.05, 0.1) is 31.4 Å². The maximum absolute atomic E-state index is 12.5. The molecule has 2 N–H and O–H groups in total. The third-order valence-corrected chi connectivity index (χ3v) is 2.37. The summed E-state index contributed by atoms with van der Waals surface area (Å²) in [4.78, 5) is 0. The lowest BCUT2D eigenvalue weighted by Crippen LogP contribution is -2.19. The fourth-order valence-corrected chi connectivity index (χ4v) is 1.39. The van der Waals surface area contributed by atoms with Crippen molar-refractivity contribution in [3.63, 3.8) is 0 Å². The minimum Gasteiger partial charge on any atom is -0.382 e. The Balaban J connectivity index is 2.60. The number of nitrogens with two attached hydrogens (primary N) is 1. The molecular formula is C12H16F3NO2. The maximum atomic E-state index is 12.5. The van der Waals surface area contributed by atoms with E-state index in [1.54, 1.807) is 6.07 Å². The quantitative estimate of drug-likeness (QED) is 0.801. The number of halogens is 3. The summed E-state index contributed by atoms with van der Waals surface area (Å²) in [6.07, 6.45) is -4.35. The zero-order valence-electron chi connectivity index (χ0n) is 10.0. The molecule has 3 nitrogen and oxygen atoms in total. The van der Waals surface area contributed by atoms with Crippen molar-refractivity contribution >= 4 is 0 Å². The number of hydrogen-bond donors (Lipinski definition) is 1. The topological polar surface area (TPSA) is 44.5 Å². The summed E-state index contributed by atoms with van der Waals surface area (Å²) in [5.74, 6) is 0. The molecule has 0 aromatic heterocycles. The van der Waals surface area contributed by atoms with E-state index in [-0.39, 0.29) is 6.61 Å². The van der Waals surface area contributed by atoms with Gasteiger partial charge >= 0.3 is 6.18 Å². The smallest absolute Gasteiger partial charge is 0.382 e. The van der Waals surface area contributed by atoms with Crippen LogP contribution in [0, 0.1) is 0 Å². The second-order valence-electron chi connectivity index (χ2n) is 3.80. The first-order valence-electron chi connectivity index (χ1n) is 5.44. The van der Waals surface area contributed by atoms with Gasteiger partial charge in [-0.05, 0) is 17.7 Å². The summed E-state index contributed by atoms with van der Waals surface area (Å²) < 4.78 is 47.4. The number of methoxy groups -OCH3 is 1. The normalized spacial score (nSPS) is 13.6. The van der Waals surface area contributed by atoms with Crippen LogP contribution in [0.1, 0.15) is 17.2 Å². The molecule has 0 aliphatic rings. The van der Waals surface area contributed by atoms with E-state index in [0.29, 0.717) is 18.8 Å². The second kappa shape index (κ2) is 6.72. The van der Waals surface area contributed by atoms with Gasteiger partial charge in [-0.3, -0.25) is 0 Å². The lowest BCUT2D eigenvalue weighted by Gasteiger charge is -2.14. The first-order chi connectivity index (χ1) is 8.45. The Labute approximate surface area is 104 Å². The largest absolute Gasteiger partial charge is 0.416 e. The van der Waals surface area contributed by atoms with E-state index in [1.165, 1.54) is 13.2 Å². The number of hydrogen-bond acceptors (Lipinski definition) is 3. The Morgan fingerprint density at radius 2 is 2.00 bits per heavy atom. The molecule has 0 radical (unpaired) electrons. The van der Waals surface area contributed by atoms with Crippen LogP contribution in [-0.2, 0) is 15.7 Å². The van der Waals surface area contributed by atoms with Crippen molar-refractivity contribution in [3.05, 3.63) is 35.4 Å². The fourth-order valence-electron chi connectivity index (χ4n) is 1.39. The molecule has 1 aromatic carbocycles. The Hall–Kier alpha value is -1.11. The number of ether oxygens (including phenoxy) is 2. The van der Waals surface area contributed by atoms with E-state index in [4.69, 9.17) is 15.2 Å². The first kappa shape index (κ1) is 14.9. The van der Waals surface area contributed by atoms with Crippen LogP contribution >= 0.6 is 0 Å². The van der Waals surface area contributed by atoms with Crippen LogP contribution in [0.4, 0.5) is 13.2 Å². The van der Waals surface area contributed by atoms with Crippen molar-refractivity contribution < 1.29 is 22.6 Å². The molecule has 0 aliphatic heterocycles. The molecule has 1 unspecified atom stereocenters. The van der Waals surface area contributed by atoms with E-state index in [2.05, 4.69) is 0 Å². The van der Waals surface area contributed by atoms with Gasteiger partial charge in [-0.2, -0.15) is 13.2 Å². The minimum atomic E-state index is -4.35. The van der Waals surface area contributed by atoms with E-state index >= 15 is 0 Å². The van der Waals surface area contributed by atoms with E-state index < -0.39 is 17.8 Å². The molecule has 0 bridgehead atoms. The summed E-state index contributed by atoms with van der Waals surface area (Å²) >= 11 is 0. The van der Waals surface area contributed by atoms with Crippen LogP contribution < -0.4 is 5.73 Å². The highest BCUT2D eigenvalue weighted by Gasteiger charge is 2.30. The van der Waals surface area contributed by atoms with Crippen molar-refractivity contribution in [1.82, 2.24) is 0 Å². The monoisotopic (exact) mass is 263 g/mol. The summed E-state index contributed by atoms with van der Waals surface area (Å²) in [5.41, 5.74) is 5.46. The third-order valence-electron chi connectivity index (χ3n) is 2.37. The molecular weight excluding hydrogens is 247 g/mol. The maximum Gasteiger partial charge on any atom is 0.416 e. The first-order valence-corrected chi connectivity index (χ1v) is 5.44. The Morgan fingerprint density at radius 1 is 1.28 bits per heavy atom. The minimum absolute atomic E-state index is 0.157. The Bertz CT molecular complexity index is 369. The van der Waals surface area contributed by atoms with Gasteiger partial charge in [0, 0.05) is 7.11 Å². The predicted molar refractivity (Wildman–Crippen MR) is 61.1 cm³/mol. The fraction of sp³-hybridized carbons (Fsp3) is 0.500. The zero-order chi connectivity index (χ0) is 13.6. The van der Waals surface area contributed by atoms with Gasteiger partial charge in [-0.25, -0.2) is 0 Å². The molecule has 102 valence electrons. The van der Waals surface area contributed by atoms with Crippen molar-refractivity contribution in [3.8, 4) is 0 Å². The van der Waals surface area contributed by atoms with Crippen molar-refractivity contribution in [1.29, 1.82) is 0 Å². The van der Waals surface area contributed by atoms with E-state index in [9.17, 15) is 13.2 Å². The molecule has 0 spiro atoms. The predicted octanol–water partition coefficient (Wildman–Crippen LogP) is 2.37. The van der Waals surface area contributed by atoms with Gasteiger partial charge in [0.1, 0.15) is 0 Å². The highest BCUT2D eigenvalue weighted by Crippen LogP contribution is 2.30. The van der Waals surface area contributed by atoms with Crippen molar-refractivity contribution in [2.75, 3.05) is 26.9 Å². The number of benzene rings is 1. The molecule has 6 heteroatoms. The van der Waals surface area contributed by atoms with Crippen LogP contribution in [0.5, 0.6) is 0 Å². The molecule has 0 fully saturated rings. The summed E-state index contributed by atoms with van der Waals surface area (Å²) in [5, 5.41) is 0. The molecule has 0 saturated heterocycles. The number of alkyl halides is 3. The van der Waals surface area contributed by atoms with Gasteiger partial charge in [0.25, 0.3) is 0 Å². The van der Waals surface area contributed by atoms with Gasteiger partial charge in [0.15, 0.2) is 0 Å². The molecule has 18 heavy (non-hydrogen) atoms. The molecule has 1 atom stereocenters. The lowest BCUT2D eigenvalue weighted by molar-refractivity contribution is -0.137. The van der Waals surface area contributed by atoms with Crippen LogP contribution in [0.3, 0.4) is 0 Å². The summed E-state index contributed by atoms with van der Waals surface area (Å²) in [7, 11) is 1.54. The van der Waals surface area contributed by atoms with Crippen LogP contribution in [0.15, 0.2) is 24.3 Å². The van der Waals surface area contributed by atoms with E-state index in [1.807, 2.05) is 0 Å². The summed E-state index contributed by atoms with van der Waals surface area (Å²) in [6, 6.07) is 4.38. The van der Waals surface area contributed by atoms with E-state index in [0.717, 1.165) is 12.1 Å². The molecule has 0 heterocycles. The average Bonchev–Trinajstić information content (AvgIpc) is 2.33. The van der Waals surface area contributed by atoms with Crippen LogP contribution in [0.2, 0.25) is 0 Å². The Kier molecular flexibility index (Phi) is 5.58. The Morgan fingerprint density at radius 3 is 2.61 bits per heavy atom.